The molecule has 1 aromatic heterocycles. The summed E-state index contributed by atoms with van der Waals surface area (Å²) >= 11 is 0. The third kappa shape index (κ3) is 2.54. The van der Waals surface area contributed by atoms with Crippen LogP contribution < -0.4 is 11.2 Å². The number of nitrogen functional groups attached to an aromatic ring is 1. The average Bonchev–Trinajstić information content (AvgIpc) is 2.83. The highest BCUT2D eigenvalue weighted by Crippen LogP contribution is 2.18. The van der Waals surface area contributed by atoms with Crippen LogP contribution in [0.25, 0.3) is 10.9 Å². The Morgan fingerprint density at radius 1 is 1.32 bits per heavy atom. The van der Waals surface area contributed by atoms with Crippen LogP contribution in [0.1, 0.15) is 10.5 Å². The number of aromatic nitrogens is 1. The number of aromatic amines is 1. The van der Waals surface area contributed by atoms with E-state index < -0.39 is 0 Å². The van der Waals surface area contributed by atoms with Gasteiger partial charge in [-0.25, -0.2) is 5.01 Å². The fraction of sp³-hybridized carbons (Fsp3) is 0.308. The summed E-state index contributed by atoms with van der Waals surface area (Å²) < 4.78 is 5.23. The molecule has 3 rings (SSSR count). The van der Waals surface area contributed by atoms with Crippen LogP contribution in [0.15, 0.2) is 24.3 Å². The fourth-order valence-electron chi connectivity index (χ4n) is 2.15. The predicted molar refractivity (Wildman–Crippen MR) is 72.6 cm³/mol. The molecule has 1 aliphatic heterocycles. The highest BCUT2D eigenvalue weighted by atomic mass is 16.5. The number of hydrazine groups is 1. The van der Waals surface area contributed by atoms with Crippen molar-refractivity contribution in [2.24, 2.45) is 0 Å². The number of hydrogen-bond donors (Lipinski definition) is 3. The second-order valence-corrected chi connectivity index (χ2v) is 4.57. The molecule has 4 N–H and O–H groups in total. The second kappa shape index (κ2) is 4.91. The number of morpholine rings is 1. The van der Waals surface area contributed by atoms with Crippen molar-refractivity contribution in [3.05, 3.63) is 30.0 Å². The molecule has 0 spiro atoms. The van der Waals surface area contributed by atoms with Crippen LogP contribution in [0.3, 0.4) is 0 Å². The molecule has 0 radical (unpaired) electrons. The summed E-state index contributed by atoms with van der Waals surface area (Å²) in [6.45, 7) is 2.70. The molecule has 1 aromatic carbocycles. The lowest BCUT2D eigenvalue weighted by molar-refractivity contribution is 0.0125. The molecule has 1 saturated heterocycles. The smallest absolute Gasteiger partial charge is 0.282 e. The zero-order valence-corrected chi connectivity index (χ0v) is 10.5. The Hall–Kier alpha value is -2.05. The Morgan fingerprint density at radius 2 is 2.11 bits per heavy atom. The van der Waals surface area contributed by atoms with Gasteiger partial charge in [-0.15, -0.1) is 0 Å². The van der Waals surface area contributed by atoms with Crippen molar-refractivity contribution in [2.75, 3.05) is 32.0 Å². The first-order chi connectivity index (χ1) is 9.22. The Balaban J connectivity index is 1.77. The molecule has 1 aliphatic rings. The van der Waals surface area contributed by atoms with Gasteiger partial charge < -0.3 is 15.5 Å². The van der Waals surface area contributed by atoms with Crippen molar-refractivity contribution >= 4 is 22.5 Å². The van der Waals surface area contributed by atoms with E-state index in [9.17, 15) is 4.79 Å². The molecule has 6 heteroatoms. The van der Waals surface area contributed by atoms with Gasteiger partial charge in [0.05, 0.1) is 13.2 Å². The highest BCUT2D eigenvalue weighted by Gasteiger charge is 2.15. The van der Waals surface area contributed by atoms with Gasteiger partial charge in [-0.2, -0.15) is 0 Å². The molecular weight excluding hydrogens is 244 g/mol. The molecule has 100 valence electrons. The van der Waals surface area contributed by atoms with Crippen LogP contribution in [0, 0.1) is 0 Å². The normalized spacial score (nSPS) is 16.6. The van der Waals surface area contributed by atoms with Crippen LogP contribution in [-0.4, -0.2) is 42.2 Å². The number of rotatable bonds is 2. The van der Waals surface area contributed by atoms with Crippen LogP contribution in [0.5, 0.6) is 0 Å². The Kier molecular flexibility index (Phi) is 3.10. The summed E-state index contributed by atoms with van der Waals surface area (Å²) in [4.78, 5) is 15.2. The van der Waals surface area contributed by atoms with Crippen molar-refractivity contribution in [2.45, 2.75) is 0 Å². The Morgan fingerprint density at radius 3 is 2.89 bits per heavy atom. The molecular formula is C13H16N4O2. The van der Waals surface area contributed by atoms with Crippen molar-refractivity contribution in [1.29, 1.82) is 0 Å². The topological polar surface area (TPSA) is 83.4 Å². The number of ether oxygens (including phenoxy) is 1. The monoisotopic (exact) mass is 260 g/mol. The van der Waals surface area contributed by atoms with Crippen molar-refractivity contribution < 1.29 is 9.53 Å². The molecule has 0 unspecified atom stereocenters. The van der Waals surface area contributed by atoms with Crippen LogP contribution in [-0.2, 0) is 4.74 Å². The van der Waals surface area contributed by atoms with E-state index in [1.54, 1.807) is 0 Å². The number of hydrogen-bond acceptors (Lipinski definition) is 4. The maximum Gasteiger partial charge on any atom is 0.282 e. The van der Waals surface area contributed by atoms with E-state index in [2.05, 4.69) is 10.4 Å². The summed E-state index contributed by atoms with van der Waals surface area (Å²) in [6.07, 6.45) is 0. The fourth-order valence-corrected chi connectivity index (χ4v) is 2.15. The zero-order valence-electron chi connectivity index (χ0n) is 10.5. The number of nitrogens with zero attached hydrogens (tertiary/aromatic N) is 1. The summed E-state index contributed by atoms with van der Waals surface area (Å²) in [7, 11) is 0. The average molecular weight is 260 g/mol. The van der Waals surface area contributed by atoms with E-state index in [1.165, 1.54) is 0 Å². The number of carbonyl (C=O) groups excluding carboxylic acids is 1. The van der Waals surface area contributed by atoms with E-state index in [4.69, 9.17) is 10.5 Å². The van der Waals surface area contributed by atoms with Gasteiger partial charge in [0.1, 0.15) is 5.69 Å². The molecule has 2 heterocycles. The molecule has 6 nitrogen and oxygen atoms in total. The van der Waals surface area contributed by atoms with E-state index >= 15 is 0 Å². The summed E-state index contributed by atoms with van der Waals surface area (Å²) in [5, 5.41) is 2.80. The molecule has 0 saturated carbocycles. The first-order valence-electron chi connectivity index (χ1n) is 6.24. The number of amides is 1. The second-order valence-electron chi connectivity index (χ2n) is 4.57. The van der Waals surface area contributed by atoms with Crippen molar-refractivity contribution in [3.8, 4) is 0 Å². The molecule has 0 atom stereocenters. The van der Waals surface area contributed by atoms with Gasteiger partial charge in [-0.3, -0.25) is 10.2 Å². The minimum atomic E-state index is -0.142. The summed E-state index contributed by atoms with van der Waals surface area (Å²) in [5.74, 6) is -0.142. The van der Waals surface area contributed by atoms with Crippen LogP contribution in [0.4, 0.5) is 5.69 Å². The minimum absolute atomic E-state index is 0.142. The summed E-state index contributed by atoms with van der Waals surface area (Å²) in [6, 6.07) is 7.33. The minimum Gasteiger partial charge on any atom is -0.399 e. The first kappa shape index (κ1) is 12.0. The third-order valence-electron chi connectivity index (χ3n) is 3.16. The van der Waals surface area contributed by atoms with E-state index in [0.717, 1.165) is 10.9 Å². The number of nitrogens with two attached hydrogens (primary N) is 1. The number of carbonyl (C=O) groups is 1. The lowest BCUT2D eigenvalue weighted by atomic mass is 10.2. The molecule has 1 amide bonds. The van der Waals surface area contributed by atoms with Gasteiger partial charge >= 0.3 is 0 Å². The van der Waals surface area contributed by atoms with Gasteiger partial charge in [0.25, 0.3) is 5.91 Å². The van der Waals surface area contributed by atoms with E-state index in [1.807, 2.05) is 29.3 Å². The van der Waals surface area contributed by atoms with E-state index in [-0.39, 0.29) is 5.91 Å². The zero-order chi connectivity index (χ0) is 13.2. The van der Waals surface area contributed by atoms with Crippen LogP contribution in [0.2, 0.25) is 0 Å². The van der Waals surface area contributed by atoms with Gasteiger partial charge in [-0.1, -0.05) is 0 Å². The largest absolute Gasteiger partial charge is 0.399 e. The number of nitrogens with one attached hydrogen (secondary N) is 2. The number of anilines is 1. The molecule has 19 heavy (non-hydrogen) atoms. The maximum atomic E-state index is 12.1. The van der Waals surface area contributed by atoms with E-state index in [0.29, 0.717) is 37.7 Å². The van der Waals surface area contributed by atoms with Gasteiger partial charge in [0.2, 0.25) is 0 Å². The highest BCUT2D eigenvalue weighted by molar-refractivity contribution is 5.98. The maximum absolute atomic E-state index is 12.1. The van der Waals surface area contributed by atoms with Crippen molar-refractivity contribution in [1.82, 2.24) is 15.4 Å². The standard InChI is InChI=1S/C13H16N4O2/c14-10-1-2-11-9(7-10)8-12(15-11)13(18)16-17-3-5-19-6-4-17/h1-2,7-8,15H,3-6,14H2,(H,16,18). The van der Waals surface area contributed by atoms with Crippen LogP contribution >= 0.6 is 0 Å². The lowest BCUT2D eigenvalue weighted by Gasteiger charge is -2.26. The van der Waals surface area contributed by atoms with Gasteiger partial charge in [-0.05, 0) is 24.3 Å². The number of benzene rings is 1. The van der Waals surface area contributed by atoms with Gasteiger partial charge in [0.15, 0.2) is 0 Å². The SMILES string of the molecule is Nc1ccc2[nH]c(C(=O)NN3CCOCC3)cc2c1. The first-order valence-corrected chi connectivity index (χ1v) is 6.24. The number of fused-ring (bicyclic) bond motifs is 1. The molecule has 0 bridgehead atoms. The van der Waals surface area contributed by atoms with Crippen molar-refractivity contribution in [3.63, 3.8) is 0 Å². The lowest BCUT2D eigenvalue weighted by Crippen LogP contribution is -2.48. The Bertz CT molecular complexity index is 602. The molecule has 2 aromatic rings. The molecule has 0 aliphatic carbocycles. The quantitative estimate of drug-likeness (QED) is 0.695. The predicted octanol–water partition coefficient (Wildman–Crippen LogP) is 0.727. The third-order valence-corrected chi connectivity index (χ3v) is 3.16. The summed E-state index contributed by atoms with van der Waals surface area (Å²) in [5.41, 5.74) is 10.7. The van der Waals surface area contributed by atoms with Gasteiger partial charge in [0, 0.05) is 29.7 Å². The Labute approximate surface area is 110 Å². The number of H-pyrrole nitrogens is 1. The molecule has 1 fully saturated rings.